The maximum absolute atomic E-state index is 5.72. The van der Waals surface area contributed by atoms with Crippen LogP contribution in [0.15, 0.2) is 22.7 Å². The molecule has 0 saturated carbocycles. The number of methoxy groups -OCH3 is 1. The minimum absolute atomic E-state index is 0.341. The SMILES string of the molecule is COCc1c(Br)cccc1NCC1CCCCO1. The fourth-order valence-corrected chi connectivity index (χ4v) is 2.69. The van der Waals surface area contributed by atoms with Crippen molar-refractivity contribution in [2.75, 3.05) is 25.6 Å². The monoisotopic (exact) mass is 313 g/mol. The first-order valence-corrected chi connectivity index (χ1v) is 7.22. The van der Waals surface area contributed by atoms with Crippen molar-refractivity contribution < 1.29 is 9.47 Å². The average Bonchev–Trinajstić information content (AvgIpc) is 2.41. The number of benzene rings is 1. The minimum Gasteiger partial charge on any atom is -0.382 e. The second-order valence-corrected chi connectivity index (χ2v) is 5.42. The second kappa shape index (κ2) is 7.12. The van der Waals surface area contributed by atoms with Gasteiger partial charge in [0.2, 0.25) is 0 Å². The lowest BCUT2D eigenvalue weighted by Gasteiger charge is -2.24. The molecule has 1 aliphatic heterocycles. The summed E-state index contributed by atoms with van der Waals surface area (Å²) in [6.07, 6.45) is 3.96. The van der Waals surface area contributed by atoms with E-state index in [2.05, 4.69) is 27.3 Å². The summed E-state index contributed by atoms with van der Waals surface area (Å²) in [6, 6.07) is 6.16. The van der Waals surface area contributed by atoms with Gasteiger partial charge in [0.25, 0.3) is 0 Å². The van der Waals surface area contributed by atoms with Crippen molar-refractivity contribution in [1.82, 2.24) is 0 Å². The predicted molar refractivity (Wildman–Crippen MR) is 76.9 cm³/mol. The van der Waals surface area contributed by atoms with Gasteiger partial charge < -0.3 is 14.8 Å². The molecule has 1 N–H and O–H groups in total. The molecule has 1 atom stereocenters. The van der Waals surface area contributed by atoms with Crippen LogP contribution in [-0.2, 0) is 16.1 Å². The number of halogens is 1. The third kappa shape index (κ3) is 3.70. The van der Waals surface area contributed by atoms with E-state index in [1.807, 2.05) is 12.1 Å². The molecule has 1 aliphatic rings. The van der Waals surface area contributed by atoms with Gasteiger partial charge in [-0.2, -0.15) is 0 Å². The Hall–Kier alpha value is -0.580. The largest absolute Gasteiger partial charge is 0.382 e. The van der Waals surface area contributed by atoms with E-state index in [1.54, 1.807) is 7.11 Å². The number of nitrogens with one attached hydrogen (secondary N) is 1. The van der Waals surface area contributed by atoms with E-state index in [1.165, 1.54) is 12.8 Å². The first-order chi connectivity index (χ1) is 8.81. The predicted octanol–water partition coefficient (Wildman–Crippen LogP) is 3.58. The zero-order chi connectivity index (χ0) is 12.8. The van der Waals surface area contributed by atoms with Gasteiger partial charge in [0.1, 0.15) is 0 Å². The number of rotatable bonds is 5. The summed E-state index contributed by atoms with van der Waals surface area (Å²) >= 11 is 3.56. The number of hydrogen-bond acceptors (Lipinski definition) is 3. The third-order valence-corrected chi connectivity index (χ3v) is 3.94. The van der Waals surface area contributed by atoms with E-state index in [0.717, 1.165) is 35.3 Å². The van der Waals surface area contributed by atoms with Gasteiger partial charge in [-0.1, -0.05) is 22.0 Å². The molecule has 1 unspecified atom stereocenters. The van der Waals surface area contributed by atoms with Crippen LogP contribution in [0.2, 0.25) is 0 Å². The highest BCUT2D eigenvalue weighted by Crippen LogP contribution is 2.26. The highest BCUT2D eigenvalue weighted by atomic mass is 79.9. The molecule has 4 heteroatoms. The molecule has 0 aliphatic carbocycles. The Bertz CT molecular complexity index is 378. The van der Waals surface area contributed by atoms with Crippen LogP contribution in [0, 0.1) is 0 Å². The van der Waals surface area contributed by atoms with Crippen LogP contribution in [0.25, 0.3) is 0 Å². The van der Waals surface area contributed by atoms with Gasteiger partial charge in [0.05, 0.1) is 12.7 Å². The fraction of sp³-hybridized carbons (Fsp3) is 0.571. The van der Waals surface area contributed by atoms with Gasteiger partial charge in [0, 0.05) is 36.0 Å². The van der Waals surface area contributed by atoms with Gasteiger partial charge >= 0.3 is 0 Å². The van der Waals surface area contributed by atoms with E-state index >= 15 is 0 Å². The Kier molecular flexibility index (Phi) is 5.47. The molecular weight excluding hydrogens is 294 g/mol. The highest BCUT2D eigenvalue weighted by Gasteiger charge is 2.14. The molecule has 0 bridgehead atoms. The van der Waals surface area contributed by atoms with Gasteiger partial charge in [-0.15, -0.1) is 0 Å². The van der Waals surface area contributed by atoms with Crippen LogP contribution in [0.3, 0.4) is 0 Å². The van der Waals surface area contributed by atoms with Crippen molar-refractivity contribution >= 4 is 21.6 Å². The second-order valence-electron chi connectivity index (χ2n) is 4.57. The number of hydrogen-bond donors (Lipinski definition) is 1. The van der Waals surface area contributed by atoms with Crippen molar-refractivity contribution in [3.8, 4) is 0 Å². The van der Waals surface area contributed by atoms with E-state index in [4.69, 9.17) is 9.47 Å². The normalized spacial score (nSPS) is 19.8. The van der Waals surface area contributed by atoms with Gasteiger partial charge in [-0.25, -0.2) is 0 Å². The molecule has 1 saturated heterocycles. The quantitative estimate of drug-likeness (QED) is 0.901. The zero-order valence-electron chi connectivity index (χ0n) is 10.7. The van der Waals surface area contributed by atoms with Crippen molar-refractivity contribution in [2.45, 2.75) is 32.0 Å². The molecule has 0 aromatic heterocycles. The van der Waals surface area contributed by atoms with Crippen LogP contribution in [0.1, 0.15) is 24.8 Å². The molecule has 18 heavy (non-hydrogen) atoms. The third-order valence-electron chi connectivity index (χ3n) is 3.20. The van der Waals surface area contributed by atoms with Gasteiger partial charge in [0.15, 0.2) is 0 Å². The van der Waals surface area contributed by atoms with Crippen molar-refractivity contribution in [2.24, 2.45) is 0 Å². The van der Waals surface area contributed by atoms with Crippen LogP contribution in [0.4, 0.5) is 5.69 Å². The van der Waals surface area contributed by atoms with E-state index < -0.39 is 0 Å². The highest BCUT2D eigenvalue weighted by molar-refractivity contribution is 9.10. The Labute approximate surface area is 117 Å². The number of ether oxygens (including phenoxy) is 2. The molecule has 3 nitrogen and oxygen atoms in total. The van der Waals surface area contributed by atoms with Crippen molar-refractivity contribution in [3.63, 3.8) is 0 Å². The Morgan fingerprint density at radius 3 is 3.06 bits per heavy atom. The molecule has 0 radical (unpaired) electrons. The smallest absolute Gasteiger partial charge is 0.0747 e. The Morgan fingerprint density at radius 1 is 1.44 bits per heavy atom. The first-order valence-electron chi connectivity index (χ1n) is 6.43. The van der Waals surface area contributed by atoms with E-state index in [9.17, 15) is 0 Å². The minimum atomic E-state index is 0.341. The molecule has 1 heterocycles. The zero-order valence-corrected chi connectivity index (χ0v) is 12.3. The molecular formula is C14H20BrNO2. The van der Waals surface area contributed by atoms with Crippen molar-refractivity contribution in [3.05, 3.63) is 28.2 Å². The fourth-order valence-electron chi connectivity index (χ4n) is 2.21. The van der Waals surface area contributed by atoms with Gasteiger partial charge in [-0.05, 0) is 31.4 Å². The summed E-state index contributed by atoms with van der Waals surface area (Å²) in [7, 11) is 1.72. The van der Waals surface area contributed by atoms with Crippen LogP contribution < -0.4 is 5.32 Å². The Morgan fingerprint density at radius 2 is 2.33 bits per heavy atom. The number of anilines is 1. The summed E-state index contributed by atoms with van der Waals surface area (Å²) in [5.74, 6) is 0. The van der Waals surface area contributed by atoms with Crippen LogP contribution in [-0.4, -0.2) is 26.4 Å². The molecule has 0 amide bonds. The maximum Gasteiger partial charge on any atom is 0.0747 e. The topological polar surface area (TPSA) is 30.5 Å². The van der Waals surface area contributed by atoms with Crippen LogP contribution >= 0.6 is 15.9 Å². The summed E-state index contributed by atoms with van der Waals surface area (Å²) in [4.78, 5) is 0. The molecule has 0 spiro atoms. The Balaban J connectivity index is 1.97. The molecule has 2 rings (SSSR count). The molecule has 1 aromatic carbocycles. The summed E-state index contributed by atoms with van der Waals surface area (Å²) in [5.41, 5.74) is 2.29. The lowest BCUT2D eigenvalue weighted by Crippen LogP contribution is -2.27. The molecule has 1 aromatic rings. The van der Waals surface area contributed by atoms with Crippen molar-refractivity contribution in [1.29, 1.82) is 0 Å². The average molecular weight is 314 g/mol. The summed E-state index contributed by atoms with van der Waals surface area (Å²) < 4.78 is 12.0. The molecule has 1 fully saturated rings. The van der Waals surface area contributed by atoms with E-state index in [0.29, 0.717) is 12.7 Å². The summed E-state index contributed by atoms with van der Waals surface area (Å²) in [5, 5.41) is 3.47. The van der Waals surface area contributed by atoms with Crippen LogP contribution in [0.5, 0.6) is 0 Å². The standard InChI is InChI=1S/C14H20BrNO2/c1-17-10-12-13(15)6-4-7-14(12)16-9-11-5-2-3-8-18-11/h4,6-7,11,16H,2-3,5,8-10H2,1H3. The lowest BCUT2D eigenvalue weighted by molar-refractivity contribution is 0.0247. The van der Waals surface area contributed by atoms with Gasteiger partial charge in [-0.3, -0.25) is 0 Å². The first kappa shape index (κ1) is 13.8. The summed E-state index contributed by atoms with van der Waals surface area (Å²) in [6.45, 7) is 2.37. The molecule has 100 valence electrons. The van der Waals surface area contributed by atoms with E-state index in [-0.39, 0.29) is 0 Å². The lowest BCUT2D eigenvalue weighted by atomic mass is 10.1. The maximum atomic E-state index is 5.72.